The van der Waals surface area contributed by atoms with Crippen LogP contribution in [-0.4, -0.2) is 0 Å². The summed E-state index contributed by atoms with van der Waals surface area (Å²) in [5.41, 5.74) is 1.62. The topological polar surface area (TPSA) is 0 Å². The third-order valence-electron chi connectivity index (χ3n) is 1.69. The van der Waals surface area contributed by atoms with Crippen molar-refractivity contribution in [2.45, 2.75) is 26.2 Å². The van der Waals surface area contributed by atoms with E-state index in [0.717, 1.165) is 4.47 Å². The molecule has 12 heavy (non-hydrogen) atoms. The molecule has 68 valence electrons. The van der Waals surface area contributed by atoms with Gasteiger partial charge in [0.1, 0.15) is 0 Å². The molecule has 0 aliphatic carbocycles. The van der Waals surface area contributed by atoms with E-state index in [-0.39, 0.29) is 22.4 Å². The predicted octanol–water partition coefficient (Wildman–Crippen LogP) is 4.32. The van der Waals surface area contributed by atoms with Crippen LogP contribution in [0.25, 0.3) is 0 Å². The van der Waals surface area contributed by atoms with E-state index < -0.39 is 0 Å². The lowest BCUT2D eigenvalue weighted by atomic mass is 9.87. The molecule has 0 aliphatic heterocycles. The monoisotopic (exact) mass is 292 g/mol. The first-order valence-electron chi connectivity index (χ1n) is 3.76. The van der Waals surface area contributed by atoms with Gasteiger partial charge in [0.05, 0.1) is 0 Å². The van der Waals surface area contributed by atoms with Gasteiger partial charge >= 0.3 is 0 Å². The van der Waals surface area contributed by atoms with E-state index >= 15 is 0 Å². The standard InChI is InChI=1S/C10H13Br.BrH/c1-10(2,3)8-5-4-6-9(11)7-8;/h4-7H,1-3H3;1H. The zero-order valence-corrected chi connectivity index (χ0v) is 10.9. The van der Waals surface area contributed by atoms with Crippen molar-refractivity contribution in [1.29, 1.82) is 0 Å². The van der Waals surface area contributed by atoms with Crippen molar-refractivity contribution in [3.05, 3.63) is 34.3 Å². The van der Waals surface area contributed by atoms with Crippen molar-refractivity contribution in [3.63, 3.8) is 0 Å². The molecule has 0 amide bonds. The molecule has 1 aromatic carbocycles. The summed E-state index contributed by atoms with van der Waals surface area (Å²) in [4.78, 5) is 0. The molecule has 0 saturated heterocycles. The van der Waals surface area contributed by atoms with Crippen LogP contribution in [0.4, 0.5) is 0 Å². The largest absolute Gasteiger partial charge is 0.114 e. The lowest BCUT2D eigenvalue weighted by Gasteiger charge is -2.18. The van der Waals surface area contributed by atoms with Crippen LogP contribution in [0.5, 0.6) is 0 Å². The normalized spacial score (nSPS) is 10.7. The fourth-order valence-corrected chi connectivity index (χ4v) is 1.35. The quantitative estimate of drug-likeness (QED) is 0.668. The van der Waals surface area contributed by atoms with E-state index in [1.54, 1.807) is 0 Å². The summed E-state index contributed by atoms with van der Waals surface area (Å²) in [5, 5.41) is 0. The van der Waals surface area contributed by atoms with Gasteiger partial charge in [-0.3, -0.25) is 0 Å². The highest BCUT2D eigenvalue weighted by Gasteiger charge is 2.12. The Morgan fingerprint density at radius 1 is 1.17 bits per heavy atom. The fourth-order valence-electron chi connectivity index (χ4n) is 0.955. The summed E-state index contributed by atoms with van der Waals surface area (Å²) >= 11 is 3.45. The van der Waals surface area contributed by atoms with Gasteiger partial charge in [-0.05, 0) is 23.1 Å². The van der Waals surface area contributed by atoms with Crippen LogP contribution in [0, 0.1) is 0 Å². The second-order valence-electron chi connectivity index (χ2n) is 3.76. The second kappa shape index (κ2) is 4.43. The van der Waals surface area contributed by atoms with Gasteiger partial charge in [0.25, 0.3) is 0 Å². The minimum Gasteiger partial charge on any atom is -0.114 e. The van der Waals surface area contributed by atoms with Crippen LogP contribution < -0.4 is 0 Å². The van der Waals surface area contributed by atoms with E-state index in [1.165, 1.54) is 5.56 Å². The highest BCUT2D eigenvalue weighted by molar-refractivity contribution is 9.10. The molecule has 0 atom stereocenters. The third kappa shape index (κ3) is 3.28. The van der Waals surface area contributed by atoms with Crippen LogP contribution in [0.1, 0.15) is 26.3 Å². The zero-order chi connectivity index (χ0) is 8.48. The molecule has 0 fully saturated rings. The van der Waals surface area contributed by atoms with Crippen LogP contribution in [0.15, 0.2) is 28.7 Å². The average molecular weight is 294 g/mol. The maximum atomic E-state index is 3.45. The highest BCUT2D eigenvalue weighted by atomic mass is 79.9. The summed E-state index contributed by atoms with van der Waals surface area (Å²) in [6.07, 6.45) is 0. The maximum Gasteiger partial charge on any atom is 0.0178 e. The Kier molecular flexibility index (Phi) is 4.49. The molecule has 1 aromatic rings. The summed E-state index contributed by atoms with van der Waals surface area (Å²) in [6, 6.07) is 8.45. The number of hydrogen-bond acceptors (Lipinski definition) is 0. The molecule has 0 aromatic heterocycles. The van der Waals surface area contributed by atoms with Crippen molar-refractivity contribution in [1.82, 2.24) is 0 Å². The minimum absolute atomic E-state index is 0. The number of rotatable bonds is 0. The zero-order valence-electron chi connectivity index (χ0n) is 7.60. The molecule has 0 N–H and O–H groups in total. The Labute approximate surface area is 93.3 Å². The van der Waals surface area contributed by atoms with Crippen molar-refractivity contribution in [2.24, 2.45) is 0 Å². The van der Waals surface area contributed by atoms with Gasteiger partial charge in [0.2, 0.25) is 0 Å². The third-order valence-corrected chi connectivity index (χ3v) is 2.18. The minimum atomic E-state index is 0. The first-order valence-corrected chi connectivity index (χ1v) is 4.55. The maximum absolute atomic E-state index is 3.45. The Morgan fingerprint density at radius 3 is 2.08 bits per heavy atom. The first-order chi connectivity index (χ1) is 5.00. The van der Waals surface area contributed by atoms with Crippen LogP contribution in [-0.2, 0) is 5.41 Å². The van der Waals surface area contributed by atoms with Crippen molar-refractivity contribution in [2.75, 3.05) is 0 Å². The van der Waals surface area contributed by atoms with Crippen molar-refractivity contribution >= 4 is 32.9 Å². The van der Waals surface area contributed by atoms with Gasteiger partial charge in [-0.25, -0.2) is 0 Å². The lowest BCUT2D eigenvalue weighted by Crippen LogP contribution is -2.10. The van der Waals surface area contributed by atoms with E-state index in [1.807, 2.05) is 0 Å². The van der Waals surface area contributed by atoms with E-state index in [0.29, 0.717) is 0 Å². The molecule has 1 rings (SSSR count). The SMILES string of the molecule is Br.CC(C)(C)c1cccc(Br)c1. The molecular weight excluding hydrogens is 280 g/mol. The first kappa shape index (κ1) is 12.2. The van der Waals surface area contributed by atoms with Gasteiger partial charge in [-0.15, -0.1) is 17.0 Å². The molecule has 0 saturated carbocycles. The Morgan fingerprint density at radius 2 is 1.75 bits per heavy atom. The molecule has 0 spiro atoms. The molecular formula is C10H14Br2. The summed E-state index contributed by atoms with van der Waals surface area (Å²) in [6.45, 7) is 6.65. The summed E-state index contributed by atoms with van der Waals surface area (Å²) in [7, 11) is 0. The number of benzene rings is 1. The van der Waals surface area contributed by atoms with Crippen molar-refractivity contribution < 1.29 is 0 Å². The molecule has 0 radical (unpaired) electrons. The molecule has 2 heteroatoms. The molecule has 0 bridgehead atoms. The predicted molar refractivity (Wildman–Crippen MR) is 63.2 cm³/mol. The Hall–Kier alpha value is 0.180. The van der Waals surface area contributed by atoms with Crippen LogP contribution >= 0.6 is 32.9 Å². The van der Waals surface area contributed by atoms with Gasteiger partial charge in [0, 0.05) is 4.47 Å². The van der Waals surface area contributed by atoms with Gasteiger partial charge in [-0.2, -0.15) is 0 Å². The van der Waals surface area contributed by atoms with Crippen molar-refractivity contribution in [3.8, 4) is 0 Å². The Balaban J connectivity index is 0.00000121. The van der Waals surface area contributed by atoms with Gasteiger partial charge < -0.3 is 0 Å². The fraction of sp³-hybridized carbons (Fsp3) is 0.400. The number of hydrogen-bond donors (Lipinski definition) is 0. The Bertz CT molecular complexity index is 248. The van der Waals surface area contributed by atoms with Gasteiger partial charge in [0.15, 0.2) is 0 Å². The summed E-state index contributed by atoms with van der Waals surface area (Å²) in [5.74, 6) is 0. The van der Waals surface area contributed by atoms with Gasteiger partial charge in [-0.1, -0.05) is 48.8 Å². The smallest absolute Gasteiger partial charge is 0.0178 e. The number of halogens is 2. The average Bonchev–Trinajstić information content (AvgIpc) is 1.86. The van der Waals surface area contributed by atoms with Crippen LogP contribution in [0.2, 0.25) is 0 Å². The highest BCUT2D eigenvalue weighted by Crippen LogP contribution is 2.24. The van der Waals surface area contributed by atoms with E-state index in [4.69, 9.17) is 0 Å². The summed E-state index contributed by atoms with van der Waals surface area (Å²) < 4.78 is 1.16. The molecule has 0 aliphatic rings. The van der Waals surface area contributed by atoms with Crippen LogP contribution in [0.3, 0.4) is 0 Å². The molecule has 0 heterocycles. The van der Waals surface area contributed by atoms with E-state index in [9.17, 15) is 0 Å². The van der Waals surface area contributed by atoms with E-state index in [2.05, 4.69) is 61.0 Å². The molecule has 0 nitrogen and oxygen atoms in total. The molecule has 0 unspecified atom stereocenters. The lowest BCUT2D eigenvalue weighted by molar-refractivity contribution is 0.590. The second-order valence-corrected chi connectivity index (χ2v) is 4.68.